The highest BCUT2D eigenvalue weighted by Crippen LogP contribution is 2.12. The lowest BCUT2D eigenvalue weighted by molar-refractivity contribution is 0.239. The first kappa shape index (κ1) is 13.6. The second kappa shape index (κ2) is 4.92. The van der Waals surface area contributed by atoms with Gasteiger partial charge in [-0.2, -0.15) is 0 Å². The van der Waals surface area contributed by atoms with Gasteiger partial charge in [-0.1, -0.05) is 0 Å². The van der Waals surface area contributed by atoms with Crippen molar-refractivity contribution in [1.29, 1.82) is 0 Å². The van der Waals surface area contributed by atoms with Crippen molar-refractivity contribution in [3.63, 3.8) is 0 Å². The zero-order valence-corrected chi connectivity index (χ0v) is 11.6. The topological polar surface area (TPSA) is 21.6 Å². The van der Waals surface area contributed by atoms with E-state index in [1.165, 1.54) is 0 Å². The average molecular weight is 213 g/mol. The van der Waals surface area contributed by atoms with Crippen molar-refractivity contribution < 1.29 is 4.43 Å². The van der Waals surface area contributed by atoms with Crippen LogP contribution in [0.4, 0.5) is 0 Å². The number of rotatable bonds is 4. The van der Waals surface area contributed by atoms with Crippen LogP contribution in [-0.4, -0.2) is 26.3 Å². The van der Waals surface area contributed by atoms with Crippen molar-refractivity contribution >= 4 is 14.2 Å². The summed E-state index contributed by atoms with van der Waals surface area (Å²) in [5, 5.41) is 0. The first-order valence-electron chi connectivity index (χ1n) is 5.04. The lowest BCUT2D eigenvalue weighted by Gasteiger charge is -2.24. The van der Waals surface area contributed by atoms with E-state index in [4.69, 9.17) is 4.43 Å². The van der Waals surface area contributed by atoms with Gasteiger partial charge in [-0.3, -0.25) is 0 Å². The van der Waals surface area contributed by atoms with E-state index < -0.39 is 8.32 Å². The Labute approximate surface area is 89.2 Å². The van der Waals surface area contributed by atoms with E-state index in [2.05, 4.69) is 44.4 Å². The molecule has 14 heavy (non-hydrogen) atoms. The van der Waals surface area contributed by atoms with Crippen LogP contribution in [0.2, 0.25) is 19.6 Å². The molecule has 0 saturated heterocycles. The molecule has 0 rings (SSSR count). The molecule has 0 saturated carbocycles. The van der Waals surface area contributed by atoms with Crippen molar-refractivity contribution in [2.45, 2.75) is 52.9 Å². The molecule has 0 unspecified atom stereocenters. The highest BCUT2D eigenvalue weighted by Gasteiger charge is 2.21. The van der Waals surface area contributed by atoms with Gasteiger partial charge in [-0.05, 0) is 58.8 Å². The van der Waals surface area contributed by atoms with E-state index in [0.717, 1.165) is 5.57 Å². The highest BCUT2D eigenvalue weighted by atomic mass is 28.4. The van der Waals surface area contributed by atoms with Crippen LogP contribution in [0.15, 0.2) is 10.6 Å². The minimum Gasteiger partial charge on any atom is -0.415 e. The normalized spacial score (nSPS) is 12.2. The molecule has 0 aliphatic carbocycles. The fourth-order valence-electron chi connectivity index (χ4n) is 0.689. The summed E-state index contributed by atoms with van der Waals surface area (Å²) in [4.78, 5) is 4.37. The standard InChI is InChI=1S/C11H23NOSi/c1-10(2)8-12-11(3,4)9-13-14(5,6)7/h9H2,1-7H3. The first-order chi connectivity index (χ1) is 6.12. The molecule has 0 bridgehead atoms. The van der Waals surface area contributed by atoms with E-state index in [0.29, 0.717) is 6.61 Å². The molecule has 0 radical (unpaired) electrons. The van der Waals surface area contributed by atoms with Gasteiger partial charge in [0, 0.05) is 0 Å². The molecule has 0 aromatic heterocycles. The van der Waals surface area contributed by atoms with Crippen molar-refractivity contribution in [3.05, 3.63) is 5.57 Å². The van der Waals surface area contributed by atoms with Crippen LogP contribution in [0, 0.1) is 0 Å². The zero-order chi connectivity index (χ0) is 11.4. The minimum atomic E-state index is -1.42. The Hall–Kier alpha value is -0.373. The van der Waals surface area contributed by atoms with Crippen molar-refractivity contribution in [2.24, 2.45) is 4.99 Å². The predicted molar refractivity (Wildman–Crippen MR) is 65.7 cm³/mol. The Morgan fingerprint density at radius 1 is 1.29 bits per heavy atom. The predicted octanol–water partition coefficient (Wildman–Crippen LogP) is 3.25. The summed E-state index contributed by atoms with van der Waals surface area (Å²) in [6.45, 7) is 15.4. The average Bonchev–Trinajstić information content (AvgIpc) is 1.97. The number of nitrogens with zero attached hydrogens (tertiary/aromatic N) is 1. The van der Waals surface area contributed by atoms with E-state index >= 15 is 0 Å². The smallest absolute Gasteiger partial charge is 0.183 e. The molecule has 0 heterocycles. The van der Waals surface area contributed by atoms with Gasteiger partial charge in [-0.15, -0.1) is 0 Å². The van der Waals surface area contributed by atoms with Gasteiger partial charge in [0.1, 0.15) is 0 Å². The van der Waals surface area contributed by atoms with Gasteiger partial charge in [0.05, 0.1) is 12.1 Å². The summed E-state index contributed by atoms with van der Waals surface area (Å²) in [7, 11) is -1.42. The largest absolute Gasteiger partial charge is 0.415 e. The van der Waals surface area contributed by atoms with Crippen LogP contribution in [0.5, 0.6) is 0 Å². The number of allylic oxidation sites excluding steroid dienone is 1. The van der Waals surface area contributed by atoms with E-state index in [1.807, 2.05) is 13.8 Å². The molecule has 0 aliphatic heterocycles. The minimum absolute atomic E-state index is 0.155. The van der Waals surface area contributed by atoms with Gasteiger partial charge in [-0.25, -0.2) is 4.99 Å². The monoisotopic (exact) mass is 213 g/mol. The van der Waals surface area contributed by atoms with E-state index in [9.17, 15) is 0 Å². The fourth-order valence-corrected chi connectivity index (χ4v) is 1.47. The molecule has 0 atom stereocenters. The first-order valence-corrected chi connectivity index (χ1v) is 8.45. The Morgan fingerprint density at radius 3 is 2.14 bits per heavy atom. The molecule has 0 aliphatic rings. The molecular formula is C11H23NOSi. The quantitative estimate of drug-likeness (QED) is 0.519. The van der Waals surface area contributed by atoms with Crippen LogP contribution >= 0.6 is 0 Å². The fraction of sp³-hybridized carbons (Fsp3) is 0.818. The third kappa shape index (κ3) is 8.24. The second-order valence-electron chi connectivity index (χ2n) is 5.44. The number of hydrogen-bond donors (Lipinski definition) is 0. The molecule has 82 valence electrons. The molecule has 3 heteroatoms. The van der Waals surface area contributed by atoms with Crippen LogP contribution in [0.3, 0.4) is 0 Å². The van der Waals surface area contributed by atoms with Gasteiger partial charge in [0.25, 0.3) is 0 Å². The summed E-state index contributed by atoms with van der Waals surface area (Å²) < 4.78 is 5.82. The van der Waals surface area contributed by atoms with Crippen LogP contribution in [0.25, 0.3) is 0 Å². The summed E-state index contributed by atoms with van der Waals surface area (Å²) >= 11 is 0. The number of aliphatic imine (C=N–C) groups is 1. The Morgan fingerprint density at radius 2 is 1.79 bits per heavy atom. The molecule has 0 spiro atoms. The summed E-state index contributed by atoms with van der Waals surface area (Å²) in [5.41, 5.74) is 0.948. The summed E-state index contributed by atoms with van der Waals surface area (Å²) in [6, 6.07) is 0. The molecular weight excluding hydrogens is 190 g/mol. The maximum absolute atomic E-state index is 5.82. The van der Waals surface area contributed by atoms with E-state index in [1.54, 1.807) is 0 Å². The Balaban J connectivity index is 4.30. The molecule has 0 aromatic carbocycles. The van der Waals surface area contributed by atoms with Crippen LogP contribution in [-0.2, 0) is 4.43 Å². The van der Waals surface area contributed by atoms with E-state index in [-0.39, 0.29) is 5.54 Å². The van der Waals surface area contributed by atoms with Crippen molar-refractivity contribution in [1.82, 2.24) is 0 Å². The Kier molecular flexibility index (Phi) is 4.79. The van der Waals surface area contributed by atoms with Gasteiger partial charge >= 0.3 is 0 Å². The van der Waals surface area contributed by atoms with Crippen molar-refractivity contribution in [3.8, 4) is 0 Å². The second-order valence-corrected chi connectivity index (χ2v) is 9.95. The maximum atomic E-state index is 5.82. The molecule has 0 N–H and O–H groups in total. The molecule has 0 amide bonds. The summed E-state index contributed by atoms with van der Waals surface area (Å²) in [5.74, 6) is 3.00. The molecule has 0 aromatic rings. The van der Waals surface area contributed by atoms with Gasteiger partial charge < -0.3 is 4.43 Å². The maximum Gasteiger partial charge on any atom is 0.183 e. The SMILES string of the molecule is CC(C)=C=NC(C)(C)CO[Si](C)(C)C. The van der Waals surface area contributed by atoms with Crippen LogP contribution < -0.4 is 0 Å². The number of hydrogen-bond acceptors (Lipinski definition) is 2. The van der Waals surface area contributed by atoms with Crippen molar-refractivity contribution in [2.75, 3.05) is 6.61 Å². The van der Waals surface area contributed by atoms with Crippen LogP contribution in [0.1, 0.15) is 27.7 Å². The van der Waals surface area contributed by atoms with Gasteiger partial charge in [0.15, 0.2) is 8.32 Å². The molecule has 0 fully saturated rings. The lowest BCUT2D eigenvalue weighted by Crippen LogP contribution is -2.34. The zero-order valence-electron chi connectivity index (χ0n) is 10.6. The highest BCUT2D eigenvalue weighted by molar-refractivity contribution is 6.69. The lowest BCUT2D eigenvalue weighted by atomic mass is 10.1. The van der Waals surface area contributed by atoms with Gasteiger partial charge in [0.2, 0.25) is 0 Å². The third-order valence-electron chi connectivity index (χ3n) is 1.44. The summed E-state index contributed by atoms with van der Waals surface area (Å²) in [6.07, 6.45) is 0. The molecule has 2 nitrogen and oxygen atoms in total. The Bertz CT molecular complexity index is 241. The third-order valence-corrected chi connectivity index (χ3v) is 2.45.